The van der Waals surface area contributed by atoms with Gasteiger partial charge in [0.05, 0.1) is 48.4 Å². The van der Waals surface area contributed by atoms with Crippen molar-refractivity contribution >= 4 is 39.9 Å². The number of H-pyrrole nitrogens is 1. The molecule has 0 saturated carbocycles. The standard InChI is InChI=1S/C33H34N4O5/c1-21(2)42-33(40)24-8-10-26-27(19-24)35-32(39)30(26)31(22-6-4-3-5-7-22)34-25-9-11-28-23(18-25)12-13-37(28)29(38)20-36-14-16-41-17-15-36/h3-11,18-19,21,35,39H,12-17,20H2,1-2H3. The first-order valence-electron chi connectivity index (χ1n) is 14.3. The van der Waals surface area contributed by atoms with E-state index in [1.165, 1.54) is 0 Å². The van der Waals surface area contributed by atoms with E-state index in [2.05, 4.69) is 9.88 Å². The normalized spacial score (nSPS) is 15.8. The average molecular weight is 567 g/mol. The van der Waals surface area contributed by atoms with Crippen LogP contribution in [0.15, 0.2) is 71.7 Å². The fourth-order valence-corrected chi connectivity index (χ4v) is 5.57. The van der Waals surface area contributed by atoms with E-state index in [1.807, 2.05) is 53.4 Å². The summed E-state index contributed by atoms with van der Waals surface area (Å²) in [6, 6.07) is 20.8. The molecule has 9 nitrogen and oxygen atoms in total. The van der Waals surface area contributed by atoms with Crippen LogP contribution >= 0.6 is 0 Å². The van der Waals surface area contributed by atoms with E-state index in [4.69, 9.17) is 14.5 Å². The average Bonchev–Trinajstić information content (AvgIpc) is 3.56. The number of anilines is 1. The molecule has 1 saturated heterocycles. The van der Waals surface area contributed by atoms with Crippen LogP contribution in [0, 0.1) is 0 Å². The summed E-state index contributed by atoms with van der Waals surface area (Å²) in [5.74, 6) is -0.365. The Labute approximate surface area is 244 Å². The number of rotatable bonds is 7. The van der Waals surface area contributed by atoms with Gasteiger partial charge >= 0.3 is 5.97 Å². The number of ether oxygens (including phenoxy) is 2. The SMILES string of the molecule is CC(C)OC(=O)c1ccc2c(C(=Nc3ccc4c(c3)CCN4C(=O)CN3CCOCC3)c3ccccc3)c(O)[nH]c2c1. The lowest BCUT2D eigenvalue weighted by atomic mass is 10.00. The van der Waals surface area contributed by atoms with Crippen molar-refractivity contribution in [2.24, 2.45) is 4.99 Å². The number of aromatic nitrogens is 1. The van der Waals surface area contributed by atoms with Crippen molar-refractivity contribution in [3.8, 4) is 5.88 Å². The first-order chi connectivity index (χ1) is 20.4. The Kier molecular flexibility index (Phi) is 7.78. The predicted molar refractivity (Wildman–Crippen MR) is 162 cm³/mol. The summed E-state index contributed by atoms with van der Waals surface area (Å²) in [5, 5.41) is 11.8. The van der Waals surface area contributed by atoms with Gasteiger partial charge in [0.2, 0.25) is 5.91 Å². The molecule has 0 aliphatic carbocycles. The number of nitrogens with zero attached hydrogens (tertiary/aromatic N) is 3. The predicted octanol–water partition coefficient (Wildman–Crippen LogP) is 4.83. The van der Waals surface area contributed by atoms with Gasteiger partial charge < -0.3 is 24.5 Å². The molecule has 3 heterocycles. The van der Waals surface area contributed by atoms with Crippen molar-refractivity contribution in [2.75, 3.05) is 44.3 Å². The largest absolute Gasteiger partial charge is 0.494 e. The van der Waals surface area contributed by atoms with Crippen molar-refractivity contribution in [2.45, 2.75) is 26.4 Å². The molecular weight excluding hydrogens is 532 g/mol. The Morgan fingerprint density at radius 1 is 1.00 bits per heavy atom. The smallest absolute Gasteiger partial charge is 0.338 e. The lowest BCUT2D eigenvalue weighted by Gasteiger charge is -2.28. The molecule has 1 aromatic heterocycles. The minimum atomic E-state index is -0.421. The fraction of sp³-hybridized carbons (Fsp3) is 0.303. The van der Waals surface area contributed by atoms with Crippen LogP contribution in [-0.2, 0) is 20.7 Å². The summed E-state index contributed by atoms with van der Waals surface area (Å²) in [4.78, 5) is 37.7. The van der Waals surface area contributed by atoms with Crippen LogP contribution in [0.1, 0.15) is 40.9 Å². The number of amides is 1. The number of fused-ring (bicyclic) bond motifs is 2. The maximum atomic E-state index is 13.1. The Bertz CT molecular complexity index is 1650. The maximum absolute atomic E-state index is 13.1. The third-order valence-corrected chi connectivity index (χ3v) is 7.60. The lowest BCUT2D eigenvalue weighted by Crippen LogP contribution is -2.44. The number of aromatic amines is 1. The number of morpholine rings is 1. The van der Waals surface area contributed by atoms with Gasteiger partial charge in [0.25, 0.3) is 0 Å². The molecule has 0 radical (unpaired) electrons. The molecule has 42 heavy (non-hydrogen) atoms. The van der Waals surface area contributed by atoms with Gasteiger partial charge in [0, 0.05) is 41.8 Å². The molecule has 3 aromatic carbocycles. The quantitative estimate of drug-likeness (QED) is 0.245. The van der Waals surface area contributed by atoms with Crippen molar-refractivity contribution < 1.29 is 24.2 Å². The zero-order valence-electron chi connectivity index (χ0n) is 23.8. The highest BCUT2D eigenvalue weighted by Gasteiger charge is 2.27. The van der Waals surface area contributed by atoms with E-state index >= 15 is 0 Å². The number of benzene rings is 3. The van der Waals surface area contributed by atoms with E-state index in [9.17, 15) is 14.7 Å². The third kappa shape index (κ3) is 5.66. The molecule has 0 spiro atoms. The molecule has 1 amide bonds. The second-order valence-electron chi connectivity index (χ2n) is 10.9. The number of carbonyl (C=O) groups is 2. The topological polar surface area (TPSA) is 107 Å². The molecule has 9 heteroatoms. The van der Waals surface area contributed by atoms with Crippen LogP contribution in [0.2, 0.25) is 0 Å². The molecule has 2 aliphatic heterocycles. The molecule has 1 fully saturated rings. The fourth-order valence-electron chi connectivity index (χ4n) is 5.57. The number of hydrogen-bond donors (Lipinski definition) is 2. The number of esters is 1. The number of aliphatic imine (C=N–C) groups is 1. The van der Waals surface area contributed by atoms with Gasteiger partial charge in [0.15, 0.2) is 5.88 Å². The van der Waals surface area contributed by atoms with Gasteiger partial charge in [-0.15, -0.1) is 0 Å². The lowest BCUT2D eigenvalue weighted by molar-refractivity contribution is -0.120. The summed E-state index contributed by atoms with van der Waals surface area (Å²) in [5.41, 5.74) is 5.68. The monoisotopic (exact) mass is 566 g/mol. The molecule has 6 rings (SSSR count). The summed E-state index contributed by atoms with van der Waals surface area (Å²) in [6.45, 7) is 7.49. The van der Waals surface area contributed by atoms with Crippen molar-refractivity contribution in [3.63, 3.8) is 0 Å². The summed E-state index contributed by atoms with van der Waals surface area (Å²) >= 11 is 0. The molecule has 0 bridgehead atoms. The van der Waals surface area contributed by atoms with Gasteiger partial charge in [-0.25, -0.2) is 9.79 Å². The van der Waals surface area contributed by atoms with Crippen LogP contribution in [0.25, 0.3) is 10.9 Å². The maximum Gasteiger partial charge on any atom is 0.338 e. The molecular formula is C33H34N4O5. The minimum absolute atomic E-state index is 0.0389. The van der Waals surface area contributed by atoms with E-state index in [0.717, 1.165) is 47.4 Å². The van der Waals surface area contributed by atoms with Gasteiger partial charge in [0.1, 0.15) is 0 Å². The second kappa shape index (κ2) is 11.8. The van der Waals surface area contributed by atoms with Crippen LogP contribution in [0.4, 0.5) is 11.4 Å². The third-order valence-electron chi connectivity index (χ3n) is 7.60. The van der Waals surface area contributed by atoms with Gasteiger partial charge in [-0.2, -0.15) is 0 Å². The number of nitrogens with one attached hydrogen (secondary N) is 1. The second-order valence-corrected chi connectivity index (χ2v) is 10.9. The van der Waals surface area contributed by atoms with Crippen molar-refractivity contribution in [1.29, 1.82) is 0 Å². The molecule has 216 valence electrons. The zero-order valence-corrected chi connectivity index (χ0v) is 23.8. The first kappa shape index (κ1) is 27.7. The van der Waals surface area contributed by atoms with E-state index in [0.29, 0.717) is 48.7 Å². The van der Waals surface area contributed by atoms with Crippen LogP contribution in [-0.4, -0.2) is 78.1 Å². The summed E-state index contributed by atoms with van der Waals surface area (Å²) in [6.07, 6.45) is 0.516. The highest BCUT2D eigenvalue weighted by molar-refractivity contribution is 6.22. The van der Waals surface area contributed by atoms with Gasteiger partial charge in [-0.1, -0.05) is 36.4 Å². The Morgan fingerprint density at radius 3 is 2.55 bits per heavy atom. The summed E-state index contributed by atoms with van der Waals surface area (Å²) < 4.78 is 10.8. The zero-order chi connectivity index (χ0) is 29.2. The number of aromatic hydroxyl groups is 1. The van der Waals surface area contributed by atoms with Crippen molar-refractivity contribution in [3.05, 3.63) is 89.0 Å². The van der Waals surface area contributed by atoms with E-state index < -0.39 is 5.97 Å². The molecule has 4 aromatic rings. The van der Waals surface area contributed by atoms with Crippen LogP contribution < -0.4 is 4.90 Å². The van der Waals surface area contributed by atoms with Gasteiger partial charge in [-0.05, 0) is 56.2 Å². The van der Waals surface area contributed by atoms with Gasteiger partial charge in [-0.3, -0.25) is 9.69 Å². The molecule has 0 atom stereocenters. The Balaban J connectivity index is 1.34. The molecule has 0 unspecified atom stereocenters. The Hall–Kier alpha value is -4.47. The Morgan fingerprint density at radius 2 is 1.79 bits per heavy atom. The molecule has 2 aliphatic rings. The van der Waals surface area contributed by atoms with Crippen molar-refractivity contribution in [1.82, 2.24) is 9.88 Å². The van der Waals surface area contributed by atoms with E-state index in [1.54, 1.807) is 32.0 Å². The highest BCUT2D eigenvalue weighted by Crippen LogP contribution is 2.35. The van der Waals surface area contributed by atoms with Crippen LogP contribution in [0.5, 0.6) is 5.88 Å². The minimum Gasteiger partial charge on any atom is -0.494 e. The number of hydrogen-bond acceptors (Lipinski definition) is 7. The highest BCUT2D eigenvalue weighted by atomic mass is 16.5. The van der Waals surface area contributed by atoms with Crippen LogP contribution in [0.3, 0.4) is 0 Å². The number of carbonyl (C=O) groups excluding carboxylic acids is 2. The summed E-state index contributed by atoms with van der Waals surface area (Å²) in [7, 11) is 0. The van der Waals surface area contributed by atoms with E-state index in [-0.39, 0.29) is 17.9 Å². The molecule has 2 N–H and O–H groups in total. The first-order valence-corrected chi connectivity index (χ1v) is 14.3.